The van der Waals surface area contributed by atoms with Crippen molar-refractivity contribution in [2.75, 3.05) is 20.3 Å². The summed E-state index contributed by atoms with van der Waals surface area (Å²) in [5.41, 5.74) is 0.982. The first-order chi connectivity index (χ1) is 9.54. The second-order valence-electron chi connectivity index (χ2n) is 4.99. The molecule has 1 aliphatic rings. The van der Waals surface area contributed by atoms with E-state index in [2.05, 4.69) is 4.98 Å². The smallest absolute Gasteiger partial charge is 0.178 e. The predicted octanol–water partition coefficient (Wildman–Crippen LogP) is 3.30. The van der Waals surface area contributed by atoms with Crippen molar-refractivity contribution in [1.82, 2.24) is 9.55 Å². The van der Waals surface area contributed by atoms with Crippen molar-refractivity contribution in [1.29, 1.82) is 0 Å². The van der Waals surface area contributed by atoms with Crippen LogP contribution in [-0.4, -0.2) is 35.5 Å². The molecule has 1 N–H and O–H groups in total. The Balaban J connectivity index is 2.09. The van der Waals surface area contributed by atoms with Crippen molar-refractivity contribution in [3.05, 3.63) is 27.7 Å². The largest absolute Gasteiger partial charge is 0.378 e. The van der Waals surface area contributed by atoms with E-state index in [1.54, 1.807) is 13.2 Å². The molecule has 2 heterocycles. The molecule has 3 rings (SSSR count). The molecule has 0 spiro atoms. The van der Waals surface area contributed by atoms with E-state index in [9.17, 15) is 4.39 Å². The van der Waals surface area contributed by atoms with Gasteiger partial charge in [0, 0.05) is 26.2 Å². The Hall–Kier alpha value is -0.950. The van der Waals surface area contributed by atoms with Gasteiger partial charge in [-0.25, -0.2) is 4.39 Å². The van der Waals surface area contributed by atoms with Gasteiger partial charge in [-0.2, -0.15) is 0 Å². The van der Waals surface area contributed by atoms with Crippen LogP contribution < -0.4 is 0 Å². The monoisotopic (exact) mass is 316 g/mol. The molecule has 0 aliphatic carbocycles. The van der Waals surface area contributed by atoms with Crippen LogP contribution in [0.5, 0.6) is 0 Å². The highest BCUT2D eigenvalue weighted by Crippen LogP contribution is 2.28. The van der Waals surface area contributed by atoms with Crippen molar-refractivity contribution in [3.8, 4) is 0 Å². The van der Waals surface area contributed by atoms with Crippen LogP contribution in [0, 0.1) is 10.6 Å². The molecule has 1 saturated heterocycles. The lowest BCUT2D eigenvalue weighted by molar-refractivity contribution is -0.0290. The van der Waals surface area contributed by atoms with Crippen LogP contribution in [0.2, 0.25) is 5.02 Å². The summed E-state index contributed by atoms with van der Waals surface area (Å²) >= 11 is 11.1. The van der Waals surface area contributed by atoms with E-state index < -0.39 is 11.4 Å². The summed E-state index contributed by atoms with van der Waals surface area (Å²) in [6.07, 6.45) is 0.786. The predicted molar refractivity (Wildman–Crippen MR) is 77.3 cm³/mol. The molecule has 0 bridgehead atoms. The molecule has 7 heteroatoms. The number of ether oxygens (including phenoxy) is 2. The zero-order chi connectivity index (χ0) is 14.3. The highest BCUT2D eigenvalue weighted by Gasteiger charge is 2.36. The normalized spacial score (nSPS) is 22.8. The standard InChI is InChI=1S/C13H14ClFN2O2S/c1-18-13(2-3-19-7-13)6-17-11-5-9(15)8(14)4-10(11)16-12(17)20/h4-5H,2-3,6-7H2,1H3,(H,16,20). The summed E-state index contributed by atoms with van der Waals surface area (Å²) in [4.78, 5) is 3.04. The zero-order valence-corrected chi connectivity index (χ0v) is 12.5. The third-order valence-corrected chi connectivity index (χ3v) is 4.37. The van der Waals surface area contributed by atoms with E-state index >= 15 is 0 Å². The summed E-state index contributed by atoms with van der Waals surface area (Å²) in [7, 11) is 1.66. The molecular weight excluding hydrogens is 303 g/mol. The number of H-pyrrole nitrogens is 1. The van der Waals surface area contributed by atoms with Crippen LogP contribution in [0.25, 0.3) is 11.0 Å². The number of imidazole rings is 1. The Kier molecular flexibility index (Phi) is 3.58. The van der Waals surface area contributed by atoms with E-state index in [4.69, 9.17) is 33.3 Å². The lowest BCUT2D eigenvalue weighted by Crippen LogP contribution is -2.37. The third kappa shape index (κ3) is 2.26. The molecule has 2 aromatic rings. The molecule has 1 unspecified atom stereocenters. The lowest BCUT2D eigenvalue weighted by atomic mass is 10.0. The third-order valence-electron chi connectivity index (χ3n) is 3.76. The molecular formula is C13H14ClFN2O2S. The molecule has 0 radical (unpaired) electrons. The Morgan fingerprint density at radius 1 is 1.60 bits per heavy atom. The number of aromatic amines is 1. The zero-order valence-electron chi connectivity index (χ0n) is 10.9. The van der Waals surface area contributed by atoms with Gasteiger partial charge in [-0.1, -0.05) is 11.6 Å². The molecule has 1 aliphatic heterocycles. The first-order valence-corrected chi connectivity index (χ1v) is 7.04. The first kappa shape index (κ1) is 14.0. The van der Waals surface area contributed by atoms with Gasteiger partial charge in [0.25, 0.3) is 0 Å². The van der Waals surface area contributed by atoms with Crippen molar-refractivity contribution in [2.24, 2.45) is 0 Å². The van der Waals surface area contributed by atoms with Crippen molar-refractivity contribution < 1.29 is 13.9 Å². The Morgan fingerprint density at radius 2 is 2.40 bits per heavy atom. The molecule has 1 aromatic carbocycles. The maximum Gasteiger partial charge on any atom is 0.178 e. The average Bonchev–Trinajstić information content (AvgIpc) is 2.99. The molecule has 4 nitrogen and oxygen atoms in total. The van der Waals surface area contributed by atoms with Crippen molar-refractivity contribution in [2.45, 2.75) is 18.6 Å². The Labute approximate surface area is 125 Å². The van der Waals surface area contributed by atoms with E-state index in [0.717, 1.165) is 6.42 Å². The summed E-state index contributed by atoms with van der Waals surface area (Å²) in [6, 6.07) is 2.94. The molecule has 0 amide bonds. The molecule has 1 fully saturated rings. The maximum absolute atomic E-state index is 13.7. The van der Waals surface area contributed by atoms with E-state index in [1.165, 1.54) is 6.07 Å². The van der Waals surface area contributed by atoms with Gasteiger partial charge in [-0.05, 0) is 18.3 Å². The van der Waals surface area contributed by atoms with Gasteiger partial charge in [0.05, 0.1) is 29.2 Å². The minimum absolute atomic E-state index is 0.0755. The summed E-state index contributed by atoms with van der Waals surface area (Å²) in [5, 5.41) is 0.0755. The number of aromatic nitrogens is 2. The van der Waals surface area contributed by atoms with Crippen LogP contribution in [0.3, 0.4) is 0 Å². The number of nitrogens with one attached hydrogen (secondary N) is 1. The highest BCUT2D eigenvalue weighted by molar-refractivity contribution is 7.71. The fourth-order valence-electron chi connectivity index (χ4n) is 2.54. The van der Waals surface area contributed by atoms with Gasteiger partial charge >= 0.3 is 0 Å². The van der Waals surface area contributed by atoms with Crippen LogP contribution >= 0.6 is 23.8 Å². The number of fused-ring (bicyclic) bond motifs is 1. The van der Waals surface area contributed by atoms with Crippen molar-refractivity contribution in [3.63, 3.8) is 0 Å². The van der Waals surface area contributed by atoms with Gasteiger partial charge in [0.15, 0.2) is 4.77 Å². The van der Waals surface area contributed by atoms with Gasteiger partial charge in [0.1, 0.15) is 11.4 Å². The molecule has 108 valence electrons. The summed E-state index contributed by atoms with van der Waals surface area (Å²) in [6.45, 7) is 1.68. The van der Waals surface area contributed by atoms with Crippen LogP contribution in [0.1, 0.15) is 6.42 Å². The number of hydrogen-bond acceptors (Lipinski definition) is 3. The summed E-state index contributed by atoms with van der Waals surface area (Å²) in [5.74, 6) is -0.462. The van der Waals surface area contributed by atoms with Gasteiger partial charge < -0.3 is 19.0 Å². The highest BCUT2D eigenvalue weighted by atomic mass is 35.5. The minimum atomic E-state index is -0.462. The first-order valence-electron chi connectivity index (χ1n) is 6.25. The number of rotatable bonds is 3. The number of nitrogens with zero attached hydrogens (tertiary/aromatic N) is 1. The fourth-order valence-corrected chi connectivity index (χ4v) is 2.97. The SMILES string of the molecule is COC1(Cn2c(=S)[nH]c3cc(Cl)c(F)cc32)CCOC1. The van der Waals surface area contributed by atoms with E-state index in [-0.39, 0.29) is 5.02 Å². The maximum atomic E-state index is 13.7. The average molecular weight is 317 g/mol. The topological polar surface area (TPSA) is 39.2 Å². The number of methoxy groups -OCH3 is 1. The van der Waals surface area contributed by atoms with Crippen molar-refractivity contribution >= 4 is 34.9 Å². The molecule has 1 atom stereocenters. The lowest BCUT2D eigenvalue weighted by Gasteiger charge is -2.26. The quantitative estimate of drug-likeness (QED) is 0.883. The molecule has 1 aromatic heterocycles. The minimum Gasteiger partial charge on any atom is -0.378 e. The van der Waals surface area contributed by atoms with E-state index in [1.807, 2.05) is 4.57 Å². The van der Waals surface area contributed by atoms with Gasteiger partial charge in [0.2, 0.25) is 0 Å². The second kappa shape index (κ2) is 5.11. The number of benzene rings is 1. The van der Waals surface area contributed by atoms with Gasteiger partial charge in [-0.15, -0.1) is 0 Å². The molecule has 20 heavy (non-hydrogen) atoms. The Morgan fingerprint density at radius 3 is 3.05 bits per heavy atom. The van der Waals surface area contributed by atoms with Crippen LogP contribution in [0.4, 0.5) is 4.39 Å². The Bertz CT molecular complexity index is 706. The van der Waals surface area contributed by atoms with Crippen LogP contribution in [0.15, 0.2) is 12.1 Å². The second-order valence-corrected chi connectivity index (χ2v) is 5.78. The van der Waals surface area contributed by atoms with Gasteiger partial charge in [-0.3, -0.25) is 0 Å². The summed E-state index contributed by atoms with van der Waals surface area (Å²) < 4.78 is 27.1. The van der Waals surface area contributed by atoms with E-state index in [0.29, 0.717) is 35.6 Å². The number of halogens is 2. The number of hydrogen-bond donors (Lipinski definition) is 1. The fraction of sp³-hybridized carbons (Fsp3) is 0.462. The molecule has 0 saturated carbocycles. The van der Waals surface area contributed by atoms with Crippen LogP contribution in [-0.2, 0) is 16.0 Å².